The van der Waals surface area contributed by atoms with Gasteiger partial charge in [0.1, 0.15) is 0 Å². The van der Waals surface area contributed by atoms with Crippen LogP contribution >= 0.6 is 17.0 Å². The zero-order valence-electron chi connectivity index (χ0n) is 15.0. The number of halogens is 1. The van der Waals surface area contributed by atoms with Gasteiger partial charge in [-0.1, -0.05) is 70.4 Å². The second kappa shape index (κ2) is 16.2. The van der Waals surface area contributed by atoms with Gasteiger partial charge in [0.2, 0.25) is 0 Å². The van der Waals surface area contributed by atoms with Crippen LogP contribution in [-0.4, -0.2) is 4.98 Å². The minimum absolute atomic E-state index is 0. The van der Waals surface area contributed by atoms with Gasteiger partial charge in [0.15, 0.2) is 0 Å². The average molecular weight is 382 g/mol. The number of aromatic nitrogens is 1. The van der Waals surface area contributed by atoms with E-state index in [4.69, 9.17) is 0 Å². The minimum Gasteiger partial charge on any atom is -0.261 e. The van der Waals surface area contributed by atoms with Gasteiger partial charge in [-0.15, -0.1) is 23.6 Å². The number of hydrogen-bond donors (Lipinski definition) is 0. The molecule has 0 aliphatic carbocycles. The van der Waals surface area contributed by atoms with E-state index in [0.717, 1.165) is 6.42 Å². The summed E-state index contributed by atoms with van der Waals surface area (Å²) in [6.07, 6.45) is 20.2. The molecule has 0 aromatic carbocycles. The normalized spacial score (nSPS) is 11.7. The maximum Gasteiger partial charge on any atom is 0.0403 e. The highest BCUT2D eigenvalue weighted by Gasteiger charge is 2.04. The van der Waals surface area contributed by atoms with Gasteiger partial charge in [-0.2, -0.15) is 0 Å². The maximum absolute atomic E-state index is 4.39. The molecule has 2 heteroatoms. The first kappa shape index (κ1) is 22.4. The van der Waals surface area contributed by atoms with E-state index in [0.29, 0.717) is 5.92 Å². The van der Waals surface area contributed by atoms with Crippen molar-refractivity contribution in [3.8, 4) is 0 Å². The third kappa shape index (κ3) is 12.5. The second-order valence-corrected chi connectivity index (χ2v) is 6.47. The van der Waals surface area contributed by atoms with E-state index in [1.165, 1.54) is 76.3 Å². The van der Waals surface area contributed by atoms with Gasteiger partial charge in [-0.3, -0.25) is 4.98 Å². The van der Waals surface area contributed by atoms with Crippen molar-refractivity contribution in [1.29, 1.82) is 0 Å². The molecule has 1 aromatic rings. The van der Waals surface area contributed by atoms with Crippen LogP contribution in [0.5, 0.6) is 0 Å². The van der Waals surface area contributed by atoms with Gasteiger partial charge < -0.3 is 0 Å². The second-order valence-electron chi connectivity index (χ2n) is 6.47. The fraction of sp³-hybridized carbons (Fsp3) is 0.667. The van der Waals surface area contributed by atoms with Gasteiger partial charge in [-0.05, 0) is 43.7 Å². The number of nitrogens with zero attached hydrogens (tertiary/aromatic N) is 1. The predicted octanol–water partition coefficient (Wildman–Crippen LogP) is 7.32. The van der Waals surface area contributed by atoms with Crippen LogP contribution in [0.2, 0.25) is 0 Å². The predicted molar refractivity (Wildman–Crippen MR) is 108 cm³/mol. The lowest BCUT2D eigenvalue weighted by Crippen LogP contribution is -1.99. The lowest BCUT2D eigenvalue weighted by Gasteiger charge is -2.12. The molecule has 132 valence electrons. The third-order valence-electron chi connectivity index (χ3n) is 4.50. The molecule has 1 rings (SSSR count). The first-order chi connectivity index (χ1) is 10.9. The summed E-state index contributed by atoms with van der Waals surface area (Å²) in [7, 11) is 0. The summed E-state index contributed by atoms with van der Waals surface area (Å²) in [4.78, 5) is 4.39. The zero-order chi connectivity index (χ0) is 15.9. The van der Waals surface area contributed by atoms with Crippen LogP contribution in [-0.2, 0) is 6.42 Å². The van der Waals surface area contributed by atoms with Gasteiger partial charge in [0.25, 0.3) is 0 Å². The summed E-state index contributed by atoms with van der Waals surface area (Å²) >= 11 is 0. The Morgan fingerprint density at radius 3 is 2.22 bits per heavy atom. The Bertz CT molecular complexity index is 363. The maximum atomic E-state index is 4.39. The van der Waals surface area contributed by atoms with Crippen molar-refractivity contribution < 1.29 is 0 Å². The van der Waals surface area contributed by atoms with Gasteiger partial charge in [-0.25, -0.2) is 0 Å². The van der Waals surface area contributed by atoms with Crippen molar-refractivity contribution in [1.82, 2.24) is 4.98 Å². The Labute approximate surface area is 154 Å². The van der Waals surface area contributed by atoms with Gasteiger partial charge in [0.05, 0.1) is 0 Å². The van der Waals surface area contributed by atoms with Crippen molar-refractivity contribution in [2.45, 2.75) is 84.0 Å². The van der Waals surface area contributed by atoms with E-state index in [1.54, 1.807) is 0 Å². The molecule has 0 fully saturated rings. The number of aryl methyl sites for hydroxylation is 1. The number of hydrogen-bond acceptors (Lipinski definition) is 1. The molecular weight excluding hydrogens is 346 g/mol. The van der Waals surface area contributed by atoms with E-state index in [2.05, 4.69) is 36.7 Å². The standard InChI is InChI=1S/C21H35N.BrH/c1-3-5-6-7-8-9-10-11-15-20(4-2)16-14-18-21-17-12-13-19-22-21;/h4,12-13,17,19-20H,2-3,5-11,14-16,18H2,1H3;1H. The molecule has 0 aliphatic rings. The largest absolute Gasteiger partial charge is 0.261 e. The van der Waals surface area contributed by atoms with Crippen molar-refractivity contribution in [3.05, 3.63) is 42.7 Å². The first-order valence-electron chi connectivity index (χ1n) is 9.39. The molecular formula is C21H36BrN. The average Bonchev–Trinajstić information content (AvgIpc) is 2.56. The molecule has 0 saturated carbocycles. The highest BCUT2D eigenvalue weighted by atomic mass is 79.9. The topological polar surface area (TPSA) is 12.9 Å². The Kier molecular flexibility index (Phi) is 15.8. The van der Waals surface area contributed by atoms with Crippen LogP contribution in [0.1, 0.15) is 83.2 Å². The fourth-order valence-corrected chi connectivity index (χ4v) is 3.01. The first-order valence-corrected chi connectivity index (χ1v) is 9.39. The summed E-state index contributed by atoms with van der Waals surface area (Å²) in [6.45, 7) is 6.30. The van der Waals surface area contributed by atoms with Crippen molar-refractivity contribution in [3.63, 3.8) is 0 Å². The van der Waals surface area contributed by atoms with Crippen molar-refractivity contribution >= 4 is 17.0 Å². The molecule has 1 unspecified atom stereocenters. The molecule has 0 N–H and O–H groups in total. The van der Waals surface area contributed by atoms with E-state index in [-0.39, 0.29) is 17.0 Å². The van der Waals surface area contributed by atoms with E-state index >= 15 is 0 Å². The number of allylic oxidation sites excluding steroid dienone is 1. The van der Waals surface area contributed by atoms with Crippen LogP contribution < -0.4 is 0 Å². The van der Waals surface area contributed by atoms with E-state index in [9.17, 15) is 0 Å². The summed E-state index contributed by atoms with van der Waals surface area (Å²) in [6, 6.07) is 6.19. The molecule has 1 nitrogen and oxygen atoms in total. The molecule has 0 spiro atoms. The smallest absolute Gasteiger partial charge is 0.0403 e. The lowest BCUT2D eigenvalue weighted by atomic mass is 9.94. The molecule has 0 aliphatic heterocycles. The molecule has 0 saturated heterocycles. The molecule has 1 aromatic heterocycles. The molecule has 0 bridgehead atoms. The molecule has 0 radical (unpaired) electrons. The lowest BCUT2D eigenvalue weighted by molar-refractivity contribution is 0.478. The summed E-state index contributed by atoms with van der Waals surface area (Å²) in [5.74, 6) is 0.698. The zero-order valence-corrected chi connectivity index (χ0v) is 16.7. The van der Waals surface area contributed by atoms with Gasteiger partial charge >= 0.3 is 0 Å². The van der Waals surface area contributed by atoms with Gasteiger partial charge in [0, 0.05) is 11.9 Å². The SMILES string of the molecule is Br.C=CC(CCCCCCCCCC)CCCc1ccccn1. The van der Waals surface area contributed by atoms with Crippen LogP contribution in [0, 0.1) is 5.92 Å². The molecule has 0 amide bonds. The monoisotopic (exact) mass is 381 g/mol. The van der Waals surface area contributed by atoms with Crippen molar-refractivity contribution in [2.24, 2.45) is 5.92 Å². The van der Waals surface area contributed by atoms with E-state index < -0.39 is 0 Å². The third-order valence-corrected chi connectivity index (χ3v) is 4.50. The van der Waals surface area contributed by atoms with Crippen LogP contribution in [0.15, 0.2) is 37.1 Å². The van der Waals surface area contributed by atoms with E-state index in [1.807, 2.05) is 12.3 Å². The van der Waals surface area contributed by atoms with Crippen LogP contribution in [0.25, 0.3) is 0 Å². The fourth-order valence-electron chi connectivity index (χ4n) is 3.01. The number of unbranched alkanes of at least 4 members (excludes halogenated alkanes) is 7. The Morgan fingerprint density at radius 2 is 1.61 bits per heavy atom. The Hall–Kier alpha value is -0.630. The summed E-state index contributed by atoms with van der Waals surface area (Å²) < 4.78 is 0. The molecule has 23 heavy (non-hydrogen) atoms. The molecule has 1 atom stereocenters. The Morgan fingerprint density at radius 1 is 0.957 bits per heavy atom. The number of pyridine rings is 1. The number of rotatable bonds is 14. The van der Waals surface area contributed by atoms with Crippen molar-refractivity contribution in [2.75, 3.05) is 0 Å². The quantitative estimate of drug-likeness (QED) is 0.243. The summed E-state index contributed by atoms with van der Waals surface area (Å²) in [5.41, 5.74) is 1.22. The molecule has 1 heterocycles. The van der Waals surface area contributed by atoms with Crippen LogP contribution in [0.3, 0.4) is 0 Å². The highest BCUT2D eigenvalue weighted by molar-refractivity contribution is 8.93. The highest BCUT2D eigenvalue weighted by Crippen LogP contribution is 2.19. The minimum atomic E-state index is 0. The van der Waals surface area contributed by atoms with Crippen LogP contribution in [0.4, 0.5) is 0 Å². The Balaban J connectivity index is 0.00000484. The summed E-state index contributed by atoms with van der Waals surface area (Å²) in [5, 5.41) is 0.